The third-order valence-corrected chi connectivity index (χ3v) is 6.28. The van der Waals surface area contributed by atoms with Gasteiger partial charge in [0.2, 0.25) is 10.0 Å². The molecule has 1 saturated heterocycles. The van der Waals surface area contributed by atoms with Crippen LogP contribution in [0, 0.1) is 0 Å². The van der Waals surface area contributed by atoms with Crippen molar-refractivity contribution in [2.24, 2.45) is 0 Å². The number of ether oxygens (including phenoxy) is 3. The molecular weight excluding hydrogens is 450 g/mol. The average molecular weight is 478 g/mol. The lowest BCUT2D eigenvalue weighted by molar-refractivity contribution is 0.102. The van der Waals surface area contributed by atoms with Crippen molar-refractivity contribution in [3.8, 4) is 0 Å². The molecule has 1 atom stereocenters. The molecule has 0 spiro atoms. The standard InChI is InChI=1S/C22H27N3O7S/c1-30-12-13-32-22(27)25-18-5-2-4-17(14-18)24-21(26)16-7-9-20(10-8-16)33(28,29)23-15-19-6-3-11-31-19/h2,4-5,7-10,14,19,23H,3,6,11-13,15H2,1H3,(H,24,26)(H,25,27). The van der Waals surface area contributed by atoms with E-state index in [1.54, 1.807) is 24.3 Å². The van der Waals surface area contributed by atoms with Gasteiger partial charge in [-0.25, -0.2) is 17.9 Å². The molecule has 3 N–H and O–H groups in total. The van der Waals surface area contributed by atoms with Gasteiger partial charge in [-0.05, 0) is 55.3 Å². The first kappa shape index (κ1) is 24.6. The van der Waals surface area contributed by atoms with Crippen LogP contribution in [0.25, 0.3) is 0 Å². The van der Waals surface area contributed by atoms with Gasteiger partial charge in [0.15, 0.2) is 0 Å². The maximum absolute atomic E-state index is 12.6. The Balaban J connectivity index is 1.56. The fourth-order valence-electron chi connectivity index (χ4n) is 3.13. The number of carbonyl (C=O) groups excluding carboxylic acids is 2. The third kappa shape index (κ3) is 7.53. The Kier molecular flexibility index (Phi) is 8.78. The number of hydrogen-bond acceptors (Lipinski definition) is 7. The number of carbonyl (C=O) groups is 2. The molecule has 33 heavy (non-hydrogen) atoms. The lowest BCUT2D eigenvalue weighted by atomic mass is 10.2. The lowest BCUT2D eigenvalue weighted by Crippen LogP contribution is -2.31. The van der Waals surface area contributed by atoms with Gasteiger partial charge in [0.25, 0.3) is 5.91 Å². The smallest absolute Gasteiger partial charge is 0.411 e. The van der Waals surface area contributed by atoms with Gasteiger partial charge in [0.05, 0.1) is 17.6 Å². The molecule has 1 fully saturated rings. The molecule has 2 amide bonds. The Labute approximate surface area is 192 Å². The summed E-state index contributed by atoms with van der Waals surface area (Å²) in [7, 11) is -2.19. The van der Waals surface area contributed by atoms with Crippen LogP contribution in [0.4, 0.5) is 16.2 Å². The zero-order chi connectivity index (χ0) is 23.7. The first-order valence-electron chi connectivity index (χ1n) is 10.4. The van der Waals surface area contributed by atoms with Crippen molar-refractivity contribution in [3.05, 3.63) is 54.1 Å². The highest BCUT2D eigenvalue weighted by Crippen LogP contribution is 2.18. The molecular formula is C22H27N3O7S. The highest BCUT2D eigenvalue weighted by molar-refractivity contribution is 7.89. The molecule has 0 saturated carbocycles. The van der Waals surface area contributed by atoms with Crippen molar-refractivity contribution in [1.29, 1.82) is 0 Å². The molecule has 2 aromatic rings. The largest absolute Gasteiger partial charge is 0.447 e. The van der Waals surface area contributed by atoms with Gasteiger partial charge in [0, 0.05) is 37.2 Å². The van der Waals surface area contributed by atoms with Gasteiger partial charge in [-0.3, -0.25) is 10.1 Å². The van der Waals surface area contributed by atoms with Crippen LogP contribution in [0.3, 0.4) is 0 Å². The van der Waals surface area contributed by atoms with Crippen molar-refractivity contribution in [3.63, 3.8) is 0 Å². The molecule has 178 valence electrons. The quantitative estimate of drug-likeness (QED) is 0.448. The number of benzene rings is 2. The molecule has 3 rings (SSSR count). The van der Waals surface area contributed by atoms with Gasteiger partial charge in [-0.2, -0.15) is 0 Å². The molecule has 1 heterocycles. The first-order valence-corrected chi connectivity index (χ1v) is 11.9. The fourth-order valence-corrected chi connectivity index (χ4v) is 4.19. The summed E-state index contributed by atoms with van der Waals surface area (Å²) in [5, 5.41) is 5.27. The van der Waals surface area contributed by atoms with Crippen molar-refractivity contribution in [2.45, 2.75) is 23.8 Å². The van der Waals surface area contributed by atoms with Crippen molar-refractivity contribution < 1.29 is 32.2 Å². The SMILES string of the molecule is COCCOC(=O)Nc1cccc(NC(=O)c2ccc(S(=O)(=O)NCC3CCCO3)cc2)c1. The Bertz CT molecular complexity index is 1050. The van der Waals surface area contributed by atoms with E-state index < -0.39 is 22.0 Å². The molecule has 10 nitrogen and oxygen atoms in total. The van der Waals surface area contributed by atoms with Crippen LogP contribution >= 0.6 is 0 Å². The van der Waals surface area contributed by atoms with Crippen molar-refractivity contribution in [1.82, 2.24) is 4.72 Å². The van der Waals surface area contributed by atoms with Crippen LogP contribution in [0.1, 0.15) is 23.2 Å². The summed E-state index contributed by atoms with van der Waals surface area (Å²) in [6.07, 6.45) is 1.00. The number of amides is 2. The van der Waals surface area contributed by atoms with E-state index in [9.17, 15) is 18.0 Å². The summed E-state index contributed by atoms with van der Waals surface area (Å²) < 4.78 is 42.6. The van der Waals surface area contributed by atoms with Crippen molar-refractivity contribution in [2.75, 3.05) is 44.1 Å². The zero-order valence-corrected chi connectivity index (χ0v) is 19.0. The van der Waals surface area contributed by atoms with Crippen LogP contribution in [-0.2, 0) is 24.2 Å². The second-order valence-electron chi connectivity index (χ2n) is 7.30. The maximum Gasteiger partial charge on any atom is 0.411 e. The molecule has 0 radical (unpaired) electrons. The highest BCUT2D eigenvalue weighted by Gasteiger charge is 2.20. The number of anilines is 2. The van der Waals surface area contributed by atoms with Crippen LogP contribution in [0.15, 0.2) is 53.4 Å². The molecule has 11 heteroatoms. The average Bonchev–Trinajstić information content (AvgIpc) is 3.32. The maximum atomic E-state index is 12.6. The van der Waals surface area contributed by atoms with E-state index in [-0.39, 0.29) is 36.3 Å². The number of sulfonamides is 1. The van der Waals surface area contributed by atoms with E-state index in [2.05, 4.69) is 15.4 Å². The Morgan fingerprint density at radius 1 is 1.06 bits per heavy atom. The summed E-state index contributed by atoms with van der Waals surface area (Å²) in [6.45, 7) is 1.27. The molecule has 1 aliphatic rings. The van der Waals surface area contributed by atoms with E-state index in [1.165, 1.54) is 31.4 Å². The summed E-state index contributed by atoms with van der Waals surface area (Å²) >= 11 is 0. The Hall–Kier alpha value is -2.99. The number of rotatable bonds is 10. The molecule has 1 unspecified atom stereocenters. The minimum atomic E-state index is -3.70. The van der Waals surface area contributed by atoms with Crippen molar-refractivity contribution >= 4 is 33.4 Å². The Morgan fingerprint density at radius 2 is 1.79 bits per heavy atom. The second-order valence-corrected chi connectivity index (χ2v) is 9.07. The summed E-state index contributed by atoms with van der Waals surface area (Å²) in [4.78, 5) is 24.4. The predicted molar refractivity (Wildman–Crippen MR) is 122 cm³/mol. The van der Waals surface area contributed by atoms with E-state index in [0.29, 0.717) is 18.0 Å². The van der Waals surface area contributed by atoms with E-state index >= 15 is 0 Å². The van der Waals surface area contributed by atoms with E-state index in [0.717, 1.165) is 12.8 Å². The second kappa shape index (κ2) is 11.8. The number of nitrogens with one attached hydrogen (secondary N) is 3. The fraction of sp³-hybridized carbons (Fsp3) is 0.364. The lowest BCUT2D eigenvalue weighted by Gasteiger charge is -2.12. The number of hydrogen-bond donors (Lipinski definition) is 3. The van der Waals surface area contributed by atoms with Crippen LogP contribution < -0.4 is 15.4 Å². The predicted octanol–water partition coefficient (Wildman–Crippen LogP) is 2.59. The van der Waals surface area contributed by atoms with Gasteiger partial charge in [-0.15, -0.1) is 0 Å². The van der Waals surface area contributed by atoms with Gasteiger partial charge in [0.1, 0.15) is 6.61 Å². The molecule has 0 aromatic heterocycles. The summed E-state index contributed by atoms with van der Waals surface area (Å²) in [5.41, 5.74) is 1.17. The molecule has 2 aromatic carbocycles. The van der Waals surface area contributed by atoms with Gasteiger partial charge < -0.3 is 19.5 Å². The van der Waals surface area contributed by atoms with Gasteiger partial charge in [-0.1, -0.05) is 6.07 Å². The minimum absolute atomic E-state index is 0.0650. The van der Waals surface area contributed by atoms with Crippen LogP contribution in [0.5, 0.6) is 0 Å². The van der Waals surface area contributed by atoms with E-state index in [4.69, 9.17) is 14.2 Å². The molecule has 0 aliphatic carbocycles. The summed E-state index contributed by atoms with van der Waals surface area (Å²) in [5.74, 6) is -0.425. The molecule has 0 bridgehead atoms. The van der Waals surface area contributed by atoms with E-state index in [1.807, 2.05) is 0 Å². The van der Waals surface area contributed by atoms with Crippen LogP contribution in [-0.4, -0.2) is 60.0 Å². The first-order chi connectivity index (χ1) is 15.9. The topological polar surface area (TPSA) is 132 Å². The monoisotopic (exact) mass is 477 g/mol. The summed E-state index contributed by atoms with van der Waals surface area (Å²) in [6, 6.07) is 12.2. The third-order valence-electron chi connectivity index (χ3n) is 4.84. The van der Waals surface area contributed by atoms with Crippen LogP contribution in [0.2, 0.25) is 0 Å². The number of methoxy groups -OCH3 is 1. The Morgan fingerprint density at radius 3 is 2.45 bits per heavy atom. The highest BCUT2D eigenvalue weighted by atomic mass is 32.2. The normalized spacial score (nSPS) is 15.7. The zero-order valence-electron chi connectivity index (χ0n) is 18.2. The molecule has 1 aliphatic heterocycles. The minimum Gasteiger partial charge on any atom is -0.447 e. The van der Waals surface area contributed by atoms with Gasteiger partial charge >= 0.3 is 6.09 Å².